The topological polar surface area (TPSA) is 79.0 Å². The Morgan fingerprint density at radius 2 is 2.10 bits per heavy atom. The van der Waals surface area contributed by atoms with E-state index < -0.39 is 10.5 Å². The van der Waals surface area contributed by atoms with Crippen molar-refractivity contribution in [2.45, 2.75) is 42.9 Å². The van der Waals surface area contributed by atoms with E-state index in [2.05, 4.69) is 18.3 Å². The fraction of sp³-hybridized carbons (Fsp3) is 0.500. The Kier molecular flexibility index (Phi) is 5.99. The molecule has 0 heterocycles. The second-order valence-corrected chi connectivity index (χ2v) is 6.37. The number of hydrogen-bond donors (Lipinski definition) is 1. The first-order valence-electron chi connectivity index (χ1n) is 6.47. The van der Waals surface area contributed by atoms with E-state index in [1.165, 1.54) is 12.1 Å². The zero-order chi connectivity index (χ0) is 15.2. The van der Waals surface area contributed by atoms with Crippen molar-refractivity contribution in [1.82, 2.24) is 5.32 Å². The van der Waals surface area contributed by atoms with E-state index >= 15 is 0 Å². The molecule has 0 amide bonds. The summed E-state index contributed by atoms with van der Waals surface area (Å²) in [4.78, 5) is 11.2. The molecule has 1 rings (SSSR count). The molecule has 1 N–H and O–H groups in total. The molecule has 0 saturated heterocycles. The van der Waals surface area contributed by atoms with E-state index in [-0.39, 0.29) is 10.9 Å². The van der Waals surface area contributed by atoms with E-state index in [0.29, 0.717) is 6.42 Å². The van der Waals surface area contributed by atoms with E-state index in [1.54, 1.807) is 23.9 Å². The molecule has 0 aliphatic heterocycles. The zero-order valence-corrected chi connectivity index (χ0v) is 12.7. The summed E-state index contributed by atoms with van der Waals surface area (Å²) >= 11 is 1.62. The van der Waals surface area contributed by atoms with Crippen molar-refractivity contribution in [2.75, 3.05) is 6.54 Å². The Morgan fingerprint density at radius 3 is 2.55 bits per heavy atom. The molecule has 2 atom stereocenters. The molecule has 0 saturated carbocycles. The molecule has 0 spiro atoms. The minimum Gasteiger partial charge on any atom is -0.300 e. The van der Waals surface area contributed by atoms with Gasteiger partial charge in [0.2, 0.25) is 0 Å². The molecular formula is C14H19N3O2S. The predicted octanol–water partition coefficient (Wildman–Crippen LogP) is 3.36. The first kappa shape index (κ1) is 16.5. The number of nitrogens with one attached hydrogen (secondary N) is 1. The van der Waals surface area contributed by atoms with Crippen LogP contribution in [0.1, 0.15) is 27.2 Å². The van der Waals surface area contributed by atoms with Crippen molar-refractivity contribution >= 4 is 17.4 Å². The van der Waals surface area contributed by atoms with Crippen molar-refractivity contribution in [2.24, 2.45) is 0 Å². The molecule has 2 unspecified atom stereocenters. The molecule has 0 aliphatic rings. The average molecular weight is 293 g/mol. The Balaban J connectivity index is 2.64. The molecule has 6 heteroatoms. The summed E-state index contributed by atoms with van der Waals surface area (Å²) in [6.07, 6.45) is 0.707. The molecule has 0 radical (unpaired) electrons. The van der Waals surface area contributed by atoms with Crippen LogP contribution in [0.5, 0.6) is 0 Å². The lowest BCUT2D eigenvalue weighted by molar-refractivity contribution is -0.384. The fourth-order valence-electron chi connectivity index (χ4n) is 2.04. The van der Waals surface area contributed by atoms with Gasteiger partial charge in [0, 0.05) is 22.3 Å². The highest BCUT2D eigenvalue weighted by atomic mass is 32.2. The van der Waals surface area contributed by atoms with Gasteiger partial charge >= 0.3 is 0 Å². The van der Waals surface area contributed by atoms with Gasteiger partial charge in [-0.25, -0.2) is 0 Å². The van der Waals surface area contributed by atoms with Crippen LogP contribution in [0.3, 0.4) is 0 Å². The summed E-state index contributed by atoms with van der Waals surface area (Å²) in [5.74, 6) is 0. The van der Waals surface area contributed by atoms with E-state index in [4.69, 9.17) is 0 Å². The molecule has 0 bridgehead atoms. The number of hydrogen-bond acceptors (Lipinski definition) is 5. The third kappa shape index (κ3) is 4.83. The lowest BCUT2D eigenvalue weighted by Gasteiger charge is -2.25. The van der Waals surface area contributed by atoms with E-state index in [9.17, 15) is 15.4 Å². The SMILES string of the molecule is CCNC(C)(C#N)CC(C)Sc1ccc([N+](=O)[O-])cc1. The largest absolute Gasteiger partial charge is 0.300 e. The number of nitro benzene ring substituents is 1. The summed E-state index contributed by atoms with van der Waals surface area (Å²) in [6.45, 7) is 6.67. The maximum absolute atomic E-state index is 10.6. The van der Waals surface area contributed by atoms with E-state index in [0.717, 1.165) is 11.4 Å². The van der Waals surface area contributed by atoms with Crippen LogP contribution in [-0.4, -0.2) is 22.3 Å². The Labute approximate surface area is 123 Å². The Bertz CT molecular complexity index is 498. The van der Waals surface area contributed by atoms with Crippen LogP contribution in [0.15, 0.2) is 29.2 Å². The second kappa shape index (κ2) is 7.27. The van der Waals surface area contributed by atoms with Crippen molar-refractivity contribution in [1.29, 1.82) is 5.26 Å². The van der Waals surface area contributed by atoms with Gasteiger partial charge in [0.1, 0.15) is 5.54 Å². The highest BCUT2D eigenvalue weighted by Crippen LogP contribution is 2.29. The minimum atomic E-state index is -0.540. The van der Waals surface area contributed by atoms with E-state index in [1.807, 2.05) is 13.8 Å². The van der Waals surface area contributed by atoms with Crippen molar-refractivity contribution in [3.8, 4) is 6.07 Å². The molecule has 20 heavy (non-hydrogen) atoms. The van der Waals surface area contributed by atoms with Gasteiger partial charge in [-0.2, -0.15) is 5.26 Å². The smallest absolute Gasteiger partial charge is 0.269 e. The van der Waals surface area contributed by atoms with Gasteiger partial charge in [-0.3, -0.25) is 15.4 Å². The van der Waals surface area contributed by atoms with Crippen molar-refractivity contribution in [3.05, 3.63) is 34.4 Å². The Morgan fingerprint density at radius 1 is 1.50 bits per heavy atom. The average Bonchev–Trinajstić information content (AvgIpc) is 2.39. The number of rotatable bonds is 7. The number of benzene rings is 1. The summed E-state index contributed by atoms with van der Waals surface area (Å²) < 4.78 is 0. The normalized spacial score (nSPS) is 15.1. The van der Waals surface area contributed by atoms with Crippen LogP contribution in [0.4, 0.5) is 5.69 Å². The maximum atomic E-state index is 10.6. The molecule has 0 aliphatic carbocycles. The Hall–Kier alpha value is -1.58. The molecular weight excluding hydrogens is 274 g/mol. The van der Waals surface area contributed by atoms with Gasteiger partial charge < -0.3 is 0 Å². The minimum absolute atomic E-state index is 0.0940. The van der Waals surface area contributed by atoms with Crippen LogP contribution in [0, 0.1) is 21.4 Å². The summed E-state index contributed by atoms with van der Waals surface area (Å²) in [6, 6.07) is 8.80. The molecule has 1 aromatic carbocycles. The number of non-ortho nitro benzene ring substituents is 1. The van der Waals surface area contributed by atoms with Gasteiger partial charge in [-0.15, -0.1) is 11.8 Å². The highest BCUT2D eigenvalue weighted by Gasteiger charge is 2.25. The fourth-order valence-corrected chi connectivity index (χ4v) is 3.22. The summed E-state index contributed by atoms with van der Waals surface area (Å²) in [5.41, 5.74) is -0.446. The number of thioether (sulfide) groups is 1. The third-order valence-electron chi connectivity index (χ3n) is 2.89. The van der Waals surface area contributed by atoms with Gasteiger partial charge in [0.15, 0.2) is 0 Å². The number of nitro groups is 1. The van der Waals surface area contributed by atoms with Crippen LogP contribution < -0.4 is 5.32 Å². The molecule has 1 aromatic rings. The first-order chi connectivity index (χ1) is 9.40. The monoisotopic (exact) mass is 293 g/mol. The molecule has 108 valence electrons. The van der Waals surface area contributed by atoms with Crippen LogP contribution in [-0.2, 0) is 0 Å². The van der Waals surface area contributed by atoms with Gasteiger partial charge in [-0.05, 0) is 32.0 Å². The maximum Gasteiger partial charge on any atom is 0.269 e. The summed E-state index contributed by atoms with van der Waals surface area (Å²) in [5, 5.41) is 23.2. The summed E-state index contributed by atoms with van der Waals surface area (Å²) in [7, 11) is 0. The van der Waals surface area contributed by atoms with Crippen molar-refractivity contribution in [3.63, 3.8) is 0 Å². The second-order valence-electron chi connectivity index (χ2n) is 4.86. The van der Waals surface area contributed by atoms with Gasteiger partial charge in [0.05, 0.1) is 11.0 Å². The van der Waals surface area contributed by atoms with Crippen LogP contribution in [0.2, 0.25) is 0 Å². The lowest BCUT2D eigenvalue weighted by atomic mass is 9.98. The third-order valence-corrected chi connectivity index (χ3v) is 4.01. The number of nitrogens with zero attached hydrogens (tertiary/aromatic N) is 2. The molecule has 5 nitrogen and oxygen atoms in total. The van der Waals surface area contributed by atoms with Gasteiger partial charge in [-0.1, -0.05) is 13.8 Å². The highest BCUT2D eigenvalue weighted by molar-refractivity contribution is 7.99. The zero-order valence-electron chi connectivity index (χ0n) is 11.9. The van der Waals surface area contributed by atoms with Crippen LogP contribution in [0.25, 0.3) is 0 Å². The number of nitriles is 1. The van der Waals surface area contributed by atoms with Crippen LogP contribution >= 0.6 is 11.8 Å². The molecule has 0 aromatic heterocycles. The molecule has 0 fully saturated rings. The standard InChI is InChI=1S/C14H19N3O2S/c1-4-16-14(3,10-15)9-11(2)20-13-7-5-12(6-8-13)17(18)19/h5-8,11,16H,4,9H2,1-3H3. The van der Waals surface area contributed by atoms with Gasteiger partial charge in [0.25, 0.3) is 5.69 Å². The van der Waals surface area contributed by atoms with Crippen molar-refractivity contribution < 1.29 is 4.92 Å². The predicted molar refractivity (Wildman–Crippen MR) is 80.7 cm³/mol. The first-order valence-corrected chi connectivity index (χ1v) is 7.35. The quantitative estimate of drug-likeness (QED) is 0.474. The lowest BCUT2D eigenvalue weighted by Crippen LogP contribution is -2.42.